The first kappa shape index (κ1) is 15.2. The number of nitrogens with zero attached hydrogens (tertiary/aromatic N) is 1. The zero-order valence-corrected chi connectivity index (χ0v) is 11.5. The van der Waals surface area contributed by atoms with Gasteiger partial charge in [-0.1, -0.05) is 0 Å². The lowest BCUT2D eigenvalue weighted by Crippen LogP contribution is -2.41. The van der Waals surface area contributed by atoms with Crippen molar-refractivity contribution in [1.82, 2.24) is 9.88 Å². The van der Waals surface area contributed by atoms with Gasteiger partial charge in [0.15, 0.2) is 0 Å². The molecule has 1 unspecified atom stereocenters. The third-order valence-electron chi connectivity index (χ3n) is 3.05. The molecule has 1 rings (SSSR count). The van der Waals surface area contributed by atoms with Gasteiger partial charge in [0, 0.05) is 26.5 Å². The number of hydrogen-bond donors (Lipinski definition) is 2. The molecule has 1 aromatic heterocycles. The van der Waals surface area contributed by atoms with Crippen molar-refractivity contribution >= 4 is 11.9 Å². The van der Waals surface area contributed by atoms with Gasteiger partial charge in [-0.3, -0.25) is 4.79 Å². The van der Waals surface area contributed by atoms with E-state index in [0.29, 0.717) is 25.1 Å². The molecule has 0 aliphatic heterocycles. The lowest BCUT2D eigenvalue weighted by atomic mass is 10.1. The second-order valence-electron chi connectivity index (χ2n) is 4.42. The van der Waals surface area contributed by atoms with Crippen LogP contribution in [0.15, 0.2) is 12.1 Å². The molecule has 0 radical (unpaired) electrons. The number of ether oxygens (including phenoxy) is 1. The van der Waals surface area contributed by atoms with Gasteiger partial charge in [0.2, 0.25) is 0 Å². The van der Waals surface area contributed by atoms with Gasteiger partial charge in [-0.15, -0.1) is 0 Å². The van der Waals surface area contributed by atoms with Crippen LogP contribution in [0.25, 0.3) is 0 Å². The molecule has 0 aliphatic carbocycles. The number of carboxylic acid groups (broad SMARTS) is 1. The summed E-state index contributed by atoms with van der Waals surface area (Å²) in [6.07, 6.45) is 0.929. The van der Waals surface area contributed by atoms with E-state index in [1.807, 2.05) is 13.0 Å². The lowest BCUT2D eigenvalue weighted by molar-refractivity contribution is -0.139. The molecule has 2 N–H and O–H groups in total. The van der Waals surface area contributed by atoms with Crippen LogP contribution >= 0.6 is 0 Å². The van der Waals surface area contributed by atoms with Crippen LogP contribution in [0.3, 0.4) is 0 Å². The largest absolute Gasteiger partial charge is 0.480 e. The molecular weight excluding hydrogens is 248 g/mol. The molecule has 0 bridgehead atoms. The summed E-state index contributed by atoms with van der Waals surface area (Å²) in [7, 11) is 3.33. The zero-order valence-electron chi connectivity index (χ0n) is 11.5. The molecule has 1 atom stereocenters. The van der Waals surface area contributed by atoms with E-state index in [0.717, 1.165) is 5.69 Å². The average Bonchev–Trinajstić information content (AvgIpc) is 2.68. The third-order valence-corrected chi connectivity index (χ3v) is 3.05. The predicted molar refractivity (Wildman–Crippen MR) is 70.2 cm³/mol. The molecule has 1 heterocycles. The number of carbonyl (C=O) groups is 2. The molecule has 0 fully saturated rings. The molecule has 0 aliphatic rings. The van der Waals surface area contributed by atoms with Crippen LogP contribution in [0.4, 0.5) is 0 Å². The van der Waals surface area contributed by atoms with Crippen molar-refractivity contribution in [2.45, 2.75) is 25.8 Å². The Morgan fingerprint density at radius 1 is 1.47 bits per heavy atom. The van der Waals surface area contributed by atoms with Crippen molar-refractivity contribution in [1.29, 1.82) is 0 Å². The number of aliphatic carboxylic acids is 1. The number of aryl methyl sites for hydroxylation is 1. The minimum absolute atomic E-state index is 0.346. The van der Waals surface area contributed by atoms with Gasteiger partial charge >= 0.3 is 5.97 Å². The summed E-state index contributed by atoms with van der Waals surface area (Å²) in [5, 5.41) is 11.6. The predicted octanol–water partition coefficient (Wildman–Crippen LogP) is 0.943. The van der Waals surface area contributed by atoms with E-state index in [9.17, 15) is 9.59 Å². The van der Waals surface area contributed by atoms with Gasteiger partial charge in [-0.2, -0.15) is 0 Å². The van der Waals surface area contributed by atoms with E-state index in [1.54, 1.807) is 24.8 Å². The Morgan fingerprint density at radius 3 is 2.63 bits per heavy atom. The Bertz CT molecular complexity index is 453. The van der Waals surface area contributed by atoms with Crippen LogP contribution in [0.5, 0.6) is 0 Å². The van der Waals surface area contributed by atoms with Crippen LogP contribution in [0.1, 0.15) is 29.0 Å². The number of nitrogens with one attached hydrogen (secondary N) is 1. The first-order valence-electron chi connectivity index (χ1n) is 6.12. The minimum Gasteiger partial charge on any atom is -0.480 e. The van der Waals surface area contributed by atoms with Gasteiger partial charge < -0.3 is 19.7 Å². The third kappa shape index (κ3) is 4.10. The number of rotatable bonds is 7. The number of aromatic nitrogens is 1. The van der Waals surface area contributed by atoms with Gasteiger partial charge in [0.1, 0.15) is 11.7 Å². The number of methoxy groups -OCH3 is 1. The highest BCUT2D eigenvalue weighted by atomic mass is 16.5. The van der Waals surface area contributed by atoms with Crippen molar-refractivity contribution in [2.24, 2.45) is 7.05 Å². The summed E-state index contributed by atoms with van der Waals surface area (Å²) in [5.41, 5.74) is 1.40. The van der Waals surface area contributed by atoms with Crippen molar-refractivity contribution in [3.63, 3.8) is 0 Å². The molecule has 0 spiro atoms. The second-order valence-corrected chi connectivity index (χ2v) is 4.42. The second kappa shape index (κ2) is 6.94. The molecule has 0 saturated heterocycles. The fraction of sp³-hybridized carbons (Fsp3) is 0.538. The van der Waals surface area contributed by atoms with E-state index >= 15 is 0 Å². The molecule has 1 amide bonds. The van der Waals surface area contributed by atoms with E-state index in [4.69, 9.17) is 9.84 Å². The molecule has 6 heteroatoms. The average molecular weight is 268 g/mol. The Morgan fingerprint density at radius 2 is 2.16 bits per heavy atom. The Balaban J connectivity index is 2.66. The van der Waals surface area contributed by atoms with Crippen molar-refractivity contribution in [3.8, 4) is 0 Å². The number of carbonyl (C=O) groups excluding carboxylic acids is 1. The van der Waals surface area contributed by atoms with Crippen LogP contribution in [0, 0.1) is 6.92 Å². The number of carboxylic acids is 1. The number of hydrogen-bond acceptors (Lipinski definition) is 3. The maximum absolute atomic E-state index is 12.0. The Labute approximate surface area is 112 Å². The fourth-order valence-corrected chi connectivity index (χ4v) is 1.76. The molecule has 6 nitrogen and oxygen atoms in total. The van der Waals surface area contributed by atoms with Crippen LogP contribution < -0.4 is 5.32 Å². The van der Waals surface area contributed by atoms with Gasteiger partial charge in [-0.05, 0) is 31.9 Å². The first-order valence-corrected chi connectivity index (χ1v) is 6.12. The zero-order chi connectivity index (χ0) is 14.4. The van der Waals surface area contributed by atoms with E-state index in [2.05, 4.69) is 5.32 Å². The summed E-state index contributed by atoms with van der Waals surface area (Å²) in [6.45, 7) is 2.35. The molecule has 106 valence electrons. The van der Waals surface area contributed by atoms with E-state index in [1.165, 1.54) is 0 Å². The number of amides is 1. The summed E-state index contributed by atoms with van der Waals surface area (Å²) in [4.78, 5) is 23.1. The molecule has 1 aromatic rings. The molecular formula is C13H20N2O4. The molecule has 19 heavy (non-hydrogen) atoms. The van der Waals surface area contributed by atoms with Crippen LogP contribution in [-0.2, 0) is 16.6 Å². The van der Waals surface area contributed by atoms with Crippen molar-refractivity contribution in [2.75, 3.05) is 13.7 Å². The highest BCUT2D eigenvalue weighted by molar-refractivity contribution is 5.95. The topological polar surface area (TPSA) is 80.6 Å². The quantitative estimate of drug-likeness (QED) is 0.721. The normalized spacial score (nSPS) is 12.2. The molecule has 0 aromatic carbocycles. The van der Waals surface area contributed by atoms with Crippen molar-refractivity contribution in [3.05, 3.63) is 23.5 Å². The summed E-state index contributed by atoms with van der Waals surface area (Å²) < 4.78 is 6.60. The van der Waals surface area contributed by atoms with Crippen LogP contribution in [0.2, 0.25) is 0 Å². The van der Waals surface area contributed by atoms with Gasteiger partial charge in [0.25, 0.3) is 5.91 Å². The van der Waals surface area contributed by atoms with E-state index in [-0.39, 0.29) is 5.91 Å². The SMILES string of the molecule is COCCCC(NC(=O)c1ccc(C)n1C)C(=O)O. The summed E-state index contributed by atoms with van der Waals surface area (Å²) in [6, 6.07) is 2.60. The molecule has 0 saturated carbocycles. The smallest absolute Gasteiger partial charge is 0.326 e. The van der Waals surface area contributed by atoms with Crippen molar-refractivity contribution < 1.29 is 19.4 Å². The first-order chi connectivity index (χ1) is 8.97. The van der Waals surface area contributed by atoms with Gasteiger partial charge in [0.05, 0.1) is 0 Å². The Kier molecular flexibility index (Phi) is 5.57. The highest BCUT2D eigenvalue weighted by Gasteiger charge is 2.21. The maximum atomic E-state index is 12.0. The lowest BCUT2D eigenvalue weighted by Gasteiger charge is -2.14. The minimum atomic E-state index is -1.03. The highest BCUT2D eigenvalue weighted by Crippen LogP contribution is 2.07. The van der Waals surface area contributed by atoms with Crippen LogP contribution in [-0.4, -0.2) is 41.3 Å². The summed E-state index contributed by atoms with van der Waals surface area (Å²) >= 11 is 0. The standard InChI is InChI=1S/C13H20N2O4/c1-9-6-7-11(15(9)2)12(16)14-10(13(17)18)5-4-8-19-3/h6-7,10H,4-5,8H2,1-3H3,(H,14,16)(H,17,18). The fourth-order valence-electron chi connectivity index (χ4n) is 1.76. The van der Waals surface area contributed by atoms with E-state index < -0.39 is 12.0 Å². The Hall–Kier alpha value is -1.82. The van der Waals surface area contributed by atoms with Gasteiger partial charge in [-0.25, -0.2) is 4.79 Å². The summed E-state index contributed by atoms with van der Waals surface area (Å²) in [5.74, 6) is -1.41. The monoisotopic (exact) mass is 268 g/mol. The maximum Gasteiger partial charge on any atom is 0.326 e.